The maximum atomic E-state index is 13.3. The van der Waals surface area contributed by atoms with E-state index >= 15 is 0 Å². The second-order valence-electron chi connectivity index (χ2n) is 4.33. The van der Waals surface area contributed by atoms with Gasteiger partial charge in [-0.05, 0) is 24.8 Å². The summed E-state index contributed by atoms with van der Waals surface area (Å²) in [6, 6.07) is 1.86. The largest absolute Gasteiger partial charge is 0.462 e. The minimum atomic E-state index is -1.10. The molecule has 0 bridgehead atoms. The zero-order chi connectivity index (χ0) is 14.4. The van der Waals surface area contributed by atoms with Gasteiger partial charge in [0, 0.05) is 6.07 Å². The minimum Gasteiger partial charge on any atom is -0.462 e. The highest BCUT2D eigenvalue weighted by Crippen LogP contribution is 2.33. The molecule has 2 aliphatic rings. The Bertz CT molecular complexity index is 672. The summed E-state index contributed by atoms with van der Waals surface area (Å²) in [6.07, 6.45) is 0. The zero-order valence-corrected chi connectivity index (χ0v) is 11.3. The van der Waals surface area contributed by atoms with Gasteiger partial charge in [0.25, 0.3) is 0 Å². The molecule has 0 spiro atoms. The van der Waals surface area contributed by atoms with Crippen LogP contribution < -0.4 is 4.90 Å². The van der Waals surface area contributed by atoms with E-state index in [1.54, 1.807) is 6.92 Å². The van der Waals surface area contributed by atoms with Crippen molar-refractivity contribution in [2.24, 2.45) is 0 Å². The van der Waals surface area contributed by atoms with Crippen molar-refractivity contribution in [1.82, 2.24) is 0 Å². The number of ether oxygens (including phenoxy) is 1. The second kappa shape index (κ2) is 4.68. The Balaban J connectivity index is 2.13. The van der Waals surface area contributed by atoms with Crippen molar-refractivity contribution in [3.05, 3.63) is 39.9 Å². The molecule has 7 heteroatoms. The number of nitrogens with one attached hydrogen (secondary N) is 1. The van der Waals surface area contributed by atoms with Crippen LogP contribution in [0.5, 0.6) is 0 Å². The molecule has 0 saturated carbocycles. The number of quaternary nitrogens is 1. The number of carbonyl (C=O) groups is 2. The van der Waals surface area contributed by atoms with Crippen molar-refractivity contribution in [1.29, 1.82) is 0 Å². The predicted molar refractivity (Wildman–Crippen MR) is 67.4 cm³/mol. The van der Waals surface area contributed by atoms with E-state index in [0.29, 0.717) is 21.5 Å². The van der Waals surface area contributed by atoms with Crippen LogP contribution in [0.1, 0.15) is 17.3 Å². The molecule has 1 unspecified atom stereocenters. The number of thioether (sulfide) groups is 1. The Morgan fingerprint density at radius 2 is 2.10 bits per heavy atom. The van der Waals surface area contributed by atoms with Crippen molar-refractivity contribution < 1.29 is 28.0 Å². The van der Waals surface area contributed by atoms with E-state index in [2.05, 4.69) is 0 Å². The molecule has 1 fully saturated rings. The predicted octanol–water partition coefficient (Wildman–Crippen LogP) is 1.16. The van der Waals surface area contributed by atoms with E-state index in [1.807, 2.05) is 0 Å². The number of rotatable bonds is 2. The van der Waals surface area contributed by atoms with E-state index in [4.69, 9.17) is 4.74 Å². The first-order valence-electron chi connectivity index (χ1n) is 5.99. The van der Waals surface area contributed by atoms with Crippen LogP contribution in [-0.4, -0.2) is 24.2 Å². The molecule has 3 rings (SSSR count). The molecule has 2 aliphatic heterocycles. The van der Waals surface area contributed by atoms with Gasteiger partial charge in [-0.3, -0.25) is 9.69 Å². The van der Waals surface area contributed by atoms with Crippen molar-refractivity contribution in [2.75, 3.05) is 12.5 Å². The molecule has 0 radical (unpaired) electrons. The fourth-order valence-electron chi connectivity index (χ4n) is 2.25. The lowest BCUT2D eigenvalue weighted by atomic mass is 9.97. The van der Waals surface area contributed by atoms with Gasteiger partial charge in [-0.25, -0.2) is 13.6 Å². The molecule has 0 aromatic heterocycles. The Morgan fingerprint density at radius 1 is 1.40 bits per heavy atom. The summed E-state index contributed by atoms with van der Waals surface area (Å²) in [5.74, 6) is -2.86. The second-order valence-corrected chi connectivity index (χ2v) is 5.32. The first kappa shape index (κ1) is 13.3. The zero-order valence-electron chi connectivity index (χ0n) is 10.5. The van der Waals surface area contributed by atoms with Crippen molar-refractivity contribution in [2.45, 2.75) is 6.92 Å². The quantitative estimate of drug-likeness (QED) is 0.657. The van der Waals surface area contributed by atoms with Gasteiger partial charge in [-0.15, -0.1) is 0 Å². The summed E-state index contributed by atoms with van der Waals surface area (Å²) in [7, 11) is 0. The van der Waals surface area contributed by atoms with Crippen LogP contribution in [0.25, 0.3) is 0 Å². The molecule has 2 heterocycles. The first-order chi connectivity index (χ1) is 9.54. The van der Waals surface area contributed by atoms with Crippen LogP contribution in [0.15, 0.2) is 22.7 Å². The van der Waals surface area contributed by atoms with Gasteiger partial charge in [0.15, 0.2) is 27.9 Å². The molecule has 1 aromatic carbocycles. The summed E-state index contributed by atoms with van der Waals surface area (Å²) < 4.78 is 31.5. The van der Waals surface area contributed by atoms with Crippen LogP contribution in [0.4, 0.5) is 14.5 Å². The van der Waals surface area contributed by atoms with Gasteiger partial charge in [0.2, 0.25) is 5.78 Å². The van der Waals surface area contributed by atoms with E-state index in [1.165, 1.54) is 11.8 Å². The number of benzene rings is 1. The number of halogens is 2. The molecule has 1 N–H and O–H groups in total. The molecule has 20 heavy (non-hydrogen) atoms. The van der Waals surface area contributed by atoms with Gasteiger partial charge < -0.3 is 4.74 Å². The normalized spacial score (nSPS) is 20.1. The van der Waals surface area contributed by atoms with Crippen molar-refractivity contribution in [3.8, 4) is 0 Å². The SMILES string of the molecule is CCOC(=O)C1=C2SC[NH+]2c2cc(F)c(F)cc2C1=O. The van der Waals surface area contributed by atoms with E-state index in [9.17, 15) is 18.4 Å². The summed E-state index contributed by atoms with van der Waals surface area (Å²) in [5.41, 5.74) is 0.318. The molecule has 4 nitrogen and oxygen atoms in total. The van der Waals surface area contributed by atoms with Gasteiger partial charge in [-0.2, -0.15) is 0 Å². The monoisotopic (exact) mass is 298 g/mol. The molecule has 1 saturated heterocycles. The Hall–Kier alpha value is -1.73. The van der Waals surface area contributed by atoms with Crippen molar-refractivity contribution >= 4 is 29.2 Å². The van der Waals surface area contributed by atoms with Crippen LogP contribution >= 0.6 is 11.8 Å². The van der Waals surface area contributed by atoms with Gasteiger partial charge >= 0.3 is 5.97 Å². The highest BCUT2D eigenvalue weighted by Gasteiger charge is 2.46. The maximum absolute atomic E-state index is 13.3. The van der Waals surface area contributed by atoms with E-state index < -0.39 is 23.4 Å². The van der Waals surface area contributed by atoms with Gasteiger partial charge in [0.05, 0.1) is 12.2 Å². The molecule has 1 atom stereocenters. The molecule has 1 aromatic rings. The fourth-order valence-corrected chi connectivity index (χ4v) is 3.27. The number of hydrogen-bond donors (Lipinski definition) is 1. The van der Waals surface area contributed by atoms with Crippen LogP contribution in [0, 0.1) is 11.6 Å². The Morgan fingerprint density at radius 3 is 2.70 bits per heavy atom. The van der Waals surface area contributed by atoms with Gasteiger partial charge in [0.1, 0.15) is 5.88 Å². The maximum Gasteiger partial charge on any atom is 0.348 e. The fraction of sp³-hybridized carbons (Fsp3) is 0.231. The summed E-state index contributed by atoms with van der Waals surface area (Å²) >= 11 is 1.33. The smallest absolute Gasteiger partial charge is 0.348 e. The van der Waals surface area contributed by atoms with Crippen LogP contribution in [0.3, 0.4) is 0 Å². The summed E-state index contributed by atoms with van der Waals surface area (Å²) in [5, 5.41) is 0.520. The average molecular weight is 298 g/mol. The molecule has 0 aliphatic carbocycles. The molecular weight excluding hydrogens is 288 g/mol. The molecule has 104 valence electrons. The minimum absolute atomic E-state index is 0.0194. The number of fused-ring (bicyclic) bond motifs is 3. The standard InChI is InChI=1S/C13H9F2NO3S/c1-2-19-13(18)10-11(17)6-3-7(14)8(15)4-9(6)16-5-20-12(10)16/h3-4H,2,5H2,1H3/p+1. The third-order valence-corrected chi connectivity index (χ3v) is 4.37. The Labute approximate surface area is 117 Å². The number of carbonyl (C=O) groups excluding carboxylic acids is 2. The highest BCUT2D eigenvalue weighted by atomic mass is 32.2. The molecular formula is C13H10F2NO3S+. The third-order valence-electron chi connectivity index (χ3n) is 3.20. The first-order valence-corrected chi connectivity index (χ1v) is 6.97. The van der Waals surface area contributed by atoms with Crippen LogP contribution in [0.2, 0.25) is 0 Å². The van der Waals surface area contributed by atoms with Crippen molar-refractivity contribution in [3.63, 3.8) is 0 Å². The number of esters is 1. The lowest BCUT2D eigenvalue weighted by Gasteiger charge is -2.33. The number of hydrogen-bond acceptors (Lipinski definition) is 4. The lowest BCUT2D eigenvalue weighted by Crippen LogP contribution is -3.10. The highest BCUT2D eigenvalue weighted by molar-refractivity contribution is 8.03. The number of Topliss-reactive ketones (excluding diaryl/α,β-unsaturated/α-hetero) is 1. The number of ketones is 1. The summed E-state index contributed by atoms with van der Waals surface area (Å²) in [6.45, 7) is 1.78. The third kappa shape index (κ3) is 1.77. The average Bonchev–Trinajstić information content (AvgIpc) is 2.36. The van der Waals surface area contributed by atoms with Gasteiger partial charge in [-0.1, -0.05) is 0 Å². The topological polar surface area (TPSA) is 47.8 Å². The van der Waals surface area contributed by atoms with Crippen LogP contribution in [-0.2, 0) is 9.53 Å². The van der Waals surface area contributed by atoms with E-state index in [-0.39, 0.29) is 17.7 Å². The molecule has 0 amide bonds. The van der Waals surface area contributed by atoms with E-state index in [0.717, 1.165) is 12.1 Å². The Kier molecular flexibility index (Phi) is 3.10. The lowest BCUT2D eigenvalue weighted by molar-refractivity contribution is -0.780. The summed E-state index contributed by atoms with van der Waals surface area (Å²) in [4.78, 5) is 24.9.